The Hall–Kier alpha value is 0.596. The van der Waals surface area contributed by atoms with Crippen LogP contribution in [0.3, 0.4) is 0 Å². The van der Waals surface area contributed by atoms with Crippen molar-refractivity contribution in [1.82, 2.24) is 6.15 Å². The number of rotatable bonds is 0. The van der Waals surface area contributed by atoms with E-state index in [9.17, 15) is 0 Å². The van der Waals surface area contributed by atoms with Crippen LogP contribution in [0.25, 0.3) is 0 Å². The standard InChI is InChI=1S/3CH3.Ga.H3N/h3*1H3;;1H3. The second kappa shape index (κ2) is 4.60. The molecular weight excluding hydrogens is 120 g/mol. The first-order valence-electron chi connectivity index (χ1n) is 1.73. The Kier molecular flexibility index (Phi) is 8.40. The Labute approximate surface area is 39.4 Å². The third-order valence-electron chi connectivity index (χ3n) is 0. The SMILES string of the molecule is N.[CH3][Ga]([CH3])[CH3]. The molecule has 3 N–H and O–H groups in total. The molecule has 0 saturated carbocycles. The fraction of sp³-hybridized carbons (Fsp3) is 1.00. The van der Waals surface area contributed by atoms with Gasteiger partial charge < -0.3 is 6.15 Å². The van der Waals surface area contributed by atoms with Crippen molar-refractivity contribution in [2.75, 3.05) is 0 Å². The van der Waals surface area contributed by atoms with Crippen LogP contribution in [0.2, 0.25) is 16.4 Å². The molecule has 0 radical (unpaired) electrons. The van der Waals surface area contributed by atoms with Crippen molar-refractivity contribution in [3.63, 3.8) is 0 Å². The summed E-state index contributed by atoms with van der Waals surface area (Å²) >= 11 is -0.479. The van der Waals surface area contributed by atoms with Gasteiger partial charge in [-0.1, -0.05) is 0 Å². The van der Waals surface area contributed by atoms with Gasteiger partial charge in [0.15, 0.2) is 0 Å². The molecule has 0 spiro atoms. The van der Waals surface area contributed by atoms with Gasteiger partial charge in [-0.05, 0) is 0 Å². The predicted octanol–water partition coefficient (Wildman–Crippen LogP) is 1.53. The van der Waals surface area contributed by atoms with Gasteiger partial charge in [0.1, 0.15) is 0 Å². The molecular formula is C3H12GaN. The molecule has 0 atom stereocenters. The second-order valence-corrected chi connectivity index (χ2v) is 9.00. The van der Waals surface area contributed by atoms with E-state index in [0.717, 1.165) is 0 Å². The molecule has 0 unspecified atom stereocenters. The van der Waals surface area contributed by atoms with E-state index in [0.29, 0.717) is 0 Å². The molecule has 2 heteroatoms. The quantitative estimate of drug-likeness (QED) is 0.498. The number of hydrogen-bond donors (Lipinski definition) is 1. The Balaban J connectivity index is 0. The first-order valence-corrected chi connectivity index (χ1v) is 9.00. The minimum atomic E-state index is -0.479. The maximum atomic E-state index is 2.35. The van der Waals surface area contributed by atoms with Gasteiger partial charge in [-0.15, -0.1) is 0 Å². The van der Waals surface area contributed by atoms with Crippen LogP contribution in [0.1, 0.15) is 0 Å². The monoisotopic (exact) mass is 131 g/mol. The normalized spacial score (nSPS) is 5.40. The molecule has 0 aliphatic rings. The molecule has 0 heterocycles. The first-order chi connectivity index (χ1) is 1.73. The molecule has 0 saturated heterocycles. The van der Waals surface area contributed by atoms with Crippen LogP contribution in [0, 0.1) is 0 Å². The van der Waals surface area contributed by atoms with Crippen LogP contribution in [-0.2, 0) is 0 Å². The third-order valence-corrected chi connectivity index (χ3v) is 0. The van der Waals surface area contributed by atoms with Crippen molar-refractivity contribution in [3.8, 4) is 0 Å². The van der Waals surface area contributed by atoms with Crippen LogP contribution in [0.4, 0.5) is 0 Å². The van der Waals surface area contributed by atoms with Gasteiger partial charge in [0.2, 0.25) is 0 Å². The summed E-state index contributed by atoms with van der Waals surface area (Å²) in [6.45, 7) is 0. The van der Waals surface area contributed by atoms with Crippen molar-refractivity contribution < 1.29 is 0 Å². The van der Waals surface area contributed by atoms with Gasteiger partial charge in [-0.2, -0.15) is 0 Å². The molecule has 0 fully saturated rings. The summed E-state index contributed by atoms with van der Waals surface area (Å²) in [6, 6.07) is 0. The Morgan fingerprint density at radius 3 is 1.00 bits per heavy atom. The van der Waals surface area contributed by atoms with Crippen LogP contribution >= 0.6 is 0 Å². The molecule has 1 nitrogen and oxygen atoms in total. The summed E-state index contributed by atoms with van der Waals surface area (Å²) in [6.07, 6.45) is 0. The van der Waals surface area contributed by atoms with E-state index in [1.165, 1.54) is 0 Å². The van der Waals surface area contributed by atoms with Gasteiger partial charge in [-0.3, -0.25) is 0 Å². The van der Waals surface area contributed by atoms with E-state index in [4.69, 9.17) is 0 Å². The van der Waals surface area contributed by atoms with Crippen molar-refractivity contribution in [2.24, 2.45) is 0 Å². The number of hydrogen-bond acceptors (Lipinski definition) is 1. The summed E-state index contributed by atoms with van der Waals surface area (Å²) in [5.74, 6) is 0. The van der Waals surface area contributed by atoms with Gasteiger partial charge >= 0.3 is 32.7 Å². The molecule has 0 rings (SSSR count). The molecule has 0 aromatic heterocycles. The van der Waals surface area contributed by atoms with Crippen molar-refractivity contribution in [2.45, 2.75) is 16.4 Å². The van der Waals surface area contributed by atoms with Gasteiger partial charge in [-0.25, -0.2) is 0 Å². The molecule has 0 aliphatic carbocycles. The average Bonchev–Trinajstić information content (AvgIpc) is 0.811. The molecule has 0 amide bonds. The van der Waals surface area contributed by atoms with Crippen LogP contribution in [0.15, 0.2) is 0 Å². The summed E-state index contributed by atoms with van der Waals surface area (Å²) in [5, 5.41) is 0. The van der Waals surface area contributed by atoms with Crippen molar-refractivity contribution in [3.05, 3.63) is 0 Å². The Bertz CT molecular complexity index is 11.6. The summed E-state index contributed by atoms with van der Waals surface area (Å²) in [4.78, 5) is 0. The van der Waals surface area contributed by atoms with Gasteiger partial charge in [0.05, 0.1) is 0 Å². The fourth-order valence-corrected chi connectivity index (χ4v) is 0. The third kappa shape index (κ3) is 87.1. The summed E-state index contributed by atoms with van der Waals surface area (Å²) in [5.41, 5.74) is 7.06. The molecule has 0 aromatic rings. The molecule has 32 valence electrons. The minimum absolute atomic E-state index is 0. The first kappa shape index (κ1) is 9.14. The van der Waals surface area contributed by atoms with E-state index in [1.807, 2.05) is 0 Å². The van der Waals surface area contributed by atoms with Crippen LogP contribution in [0.5, 0.6) is 0 Å². The molecule has 5 heavy (non-hydrogen) atoms. The fourth-order valence-electron chi connectivity index (χ4n) is 0. The van der Waals surface area contributed by atoms with Crippen molar-refractivity contribution >= 4 is 16.2 Å². The second-order valence-electron chi connectivity index (χ2n) is 1.73. The van der Waals surface area contributed by atoms with Crippen LogP contribution in [-0.4, -0.2) is 16.2 Å². The van der Waals surface area contributed by atoms with Crippen LogP contribution < -0.4 is 6.15 Å². The van der Waals surface area contributed by atoms with Gasteiger partial charge in [0, 0.05) is 0 Å². The van der Waals surface area contributed by atoms with E-state index in [2.05, 4.69) is 16.4 Å². The zero-order valence-electron chi connectivity index (χ0n) is 4.28. The zero-order valence-corrected chi connectivity index (χ0v) is 6.71. The predicted molar refractivity (Wildman–Crippen MR) is 28.4 cm³/mol. The topological polar surface area (TPSA) is 35.0 Å². The van der Waals surface area contributed by atoms with E-state index >= 15 is 0 Å². The Morgan fingerprint density at radius 2 is 1.00 bits per heavy atom. The van der Waals surface area contributed by atoms with Gasteiger partial charge in [0.25, 0.3) is 0 Å². The van der Waals surface area contributed by atoms with E-state index < -0.39 is 16.2 Å². The summed E-state index contributed by atoms with van der Waals surface area (Å²) in [7, 11) is 0. The zero-order chi connectivity index (χ0) is 3.58. The average molecular weight is 132 g/mol. The maximum absolute atomic E-state index is 2.35. The molecule has 0 bridgehead atoms. The van der Waals surface area contributed by atoms with Crippen molar-refractivity contribution in [1.29, 1.82) is 0 Å². The summed E-state index contributed by atoms with van der Waals surface area (Å²) < 4.78 is 0. The molecule has 0 aromatic carbocycles. The van der Waals surface area contributed by atoms with E-state index in [1.54, 1.807) is 0 Å². The van der Waals surface area contributed by atoms with E-state index in [-0.39, 0.29) is 6.15 Å². The molecule has 0 aliphatic heterocycles. The Morgan fingerprint density at radius 1 is 1.00 bits per heavy atom.